The lowest BCUT2D eigenvalue weighted by molar-refractivity contribution is 0.136. The summed E-state index contributed by atoms with van der Waals surface area (Å²) in [5.41, 5.74) is 0.793. The first kappa shape index (κ1) is 12.5. The van der Waals surface area contributed by atoms with Crippen molar-refractivity contribution in [2.24, 2.45) is 0 Å². The van der Waals surface area contributed by atoms with Crippen molar-refractivity contribution in [3.05, 3.63) is 35.6 Å². The van der Waals surface area contributed by atoms with E-state index in [1.165, 1.54) is 12.1 Å². The van der Waals surface area contributed by atoms with Gasteiger partial charge in [-0.3, -0.25) is 0 Å². The van der Waals surface area contributed by atoms with Gasteiger partial charge in [0.25, 0.3) is 0 Å². The average Bonchev–Trinajstić information content (AvgIpc) is 2.38. The summed E-state index contributed by atoms with van der Waals surface area (Å²) >= 11 is 0. The highest BCUT2D eigenvalue weighted by atomic mass is 19.1. The number of piperazine rings is 1. The summed E-state index contributed by atoms with van der Waals surface area (Å²) < 4.78 is 12.7. The molecule has 1 aliphatic rings. The maximum Gasteiger partial charge on any atom is 0.123 e. The van der Waals surface area contributed by atoms with Crippen molar-refractivity contribution in [3.63, 3.8) is 0 Å². The third kappa shape index (κ3) is 3.77. The molecule has 0 spiro atoms. The van der Waals surface area contributed by atoms with Gasteiger partial charge in [-0.1, -0.05) is 12.1 Å². The summed E-state index contributed by atoms with van der Waals surface area (Å²) in [5.74, 6) is -0.261. The predicted octanol–water partition coefficient (Wildman–Crippen LogP) is 1.15. The molecule has 2 rings (SSSR count). The van der Waals surface area contributed by atoms with Crippen LogP contribution in [-0.4, -0.2) is 42.7 Å². The predicted molar refractivity (Wildman–Crippen MR) is 65.3 cm³/mol. The molecule has 0 aromatic heterocycles. The fourth-order valence-corrected chi connectivity index (χ4v) is 2.09. The number of aliphatic hydroxyl groups excluding tert-OH is 1. The zero-order chi connectivity index (χ0) is 12.1. The molecule has 4 heteroatoms. The number of aliphatic hydroxyl groups is 1. The molecular formula is C13H19FN2O. The summed E-state index contributed by atoms with van der Waals surface area (Å²) in [7, 11) is 0. The molecule has 3 nitrogen and oxygen atoms in total. The number of halogens is 1. The topological polar surface area (TPSA) is 35.5 Å². The molecule has 0 saturated carbocycles. The Morgan fingerprint density at radius 3 is 2.53 bits per heavy atom. The van der Waals surface area contributed by atoms with E-state index < -0.39 is 6.10 Å². The Balaban J connectivity index is 1.80. The Bertz CT molecular complexity index is 336. The van der Waals surface area contributed by atoms with E-state index in [0.29, 0.717) is 6.42 Å². The summed E-state index contributed by atoms with van der Waals surface area (Å²) in [6, 6.07) is 6.09. The third-order valence-corrected chi connectivity index (χ3v) is 3.18. The summed E-state index contributed by atoms with van der Waals surface area (Å²) in [6.45, 7) is 5.01. The molecule has 0 bridgehead atoms. The Kier molecular flexibility index (Phi) is 4.48. The lowest BCUT2D eigenvalue weighted by Crippen LogP contribution is -2.44. The number of hydrogen-bond donors (Lipinski definition) is 2. The van der Waals surface area contributed by atoms with Crippen molar-refractivity contribution in [1.82, 2.24) is 10.2 Å². The fourth-order valence-electron chi connectivity index (χ4n) is 2.09. The second kappa shape index (κ2) is 6.10. The quantitative estimate of drug-likeness (QED) is 0.826. The molecule has 1 heterocycles. The summed E-state index contributed by atoms with van der Waals surface area (Å²) in [4.78, 5) is 2.34. The van der Waals surface area contributed by atoms with Gasteiger partial charge in [-0.05, 0) is 24.1 Å². The normalized spacial score (nSPS) is 19.2. The van der Waals surface area contributed by atoms with Gasteiger partial charge < -0.3 is 15.3 Å². The smallest absolute Gasteiger partial charge is 0.123 e. The van der Waals surface area contributed by atoms with Crippen LogP contribution in [0.2, 0.25) is 0 Å². The monoisotopic (exact) mass is 238 g/mol. The van der Waals surface area contributed by atoms with E-state index in [0.717, 1.165) is 38.3 Å². The highest BCUT2D eigenvalue weighted by Gasteiger charge is 2.13. The van der Waals surface area contributed by atoms with Gasteiger partial charge in [0.2, 0.25) is 0 Å². The first-order valence-electron chi connectivity index (χ1n) is 6.12. The summed E-state index contributed by atoms with van der Waals surface area (Å²) in [5, 5.41) is 13.3. The molecule has 1 fully saturated rings. The van der Waals surface area contributed by atoms with Gasteiger partial charge in [0, 0.05) is 32.7 Å². The first-order valence-corrected chi connectivity index (χ1v) is 6.12. The number of nitrogens with one attached hydrogen (secondary N) is 1. The highest BCUT2D eigenvalue weighted by molar-refractivity contribution is 5.18. The number of nitrogens with zero attached hydrogens (tertiary/aromatic N) is 1. The molecule has 0 amide bonds. The molecule has 1 unspecified atom stereocenters. The van der Waals surface area contributed by atoms with Crippen molar-refractivity contribution < 1.29 is 9.50 Å². The van der Waals surface area contributed by atoms with E-state index in [1.54, 1.807) is 12.1 Å². The number of rotatable bonds is 4. The van der Waals surface area contributed by atoms with Crippen LogP contribution in [0.5, 0.6) is 0 Å². The minimum Gasteiger partial charge on any atom is -0.388 e. The van der Waals surface area contributed by atoms with Crippen LogP contribution in [0.1, 0.15) is 18.1 Å². The van der Waals surface area contributed by atoms with Crippen LogP contribution in [0.3, 0.4) is 0 Å². The molecule has 1 aromatic rings. The minimum absolute atomic E-state index is 0.261. The van der Waals surface area contributed by atoms with Crippen LogP contribution >= 0.6 is 0 Å². The van der Waals surface area contributed by atoms with Crippen molar-refractivity contribution in [1.29, 1.82) is 0 Å². The van der Waals surface area contributed by atoms with Gasteiger partial charge in [-0.15, -0.1) is 0 Å². The van der Waals surface area contributed by atoms with Crippen LogP contribution in [-0.2, 0) is 0 Å². The third-order valence-electron chi connectivity index (χ3n) is 3.18. The van der Waals surface area contributed by atoms with Crippen LogP contribution in [0.25, 0.3) is 0 Å². The molecule has 1 aromatic carbocycles. The Hall–Kier alpha value is -0.970. The maximum atomic E-state index is 12.7. The molecule has 17 heavy (non-hydrogen) atoms. The average molecular weight is 238 g/mol. The Labute approximate surface area is 101 Å². The Morgan fingerprint density at radius 2 is 1.88 bits per heavy atom. The molecular weight excluding hydrogens is 219 g/mol. The van der Waals surface area contributed by atoms with Crippen molar-refractivity contribution in [2.75, 3.05) is 32.7 Å². The van der Waals surface area contributed by atoms with Crippen LogP contribution in [0, 0.1) is 5.82 Å². The molecule has 0 aliphatic carbocycles. The lowest BCUT2D eigenvalue weighted by atomic mass is 10.1. The van der Waals surface area contributed by atoms with Gasteiger partial charge in [-0.25, -0.2) is 4.39 Å². The van der Waals surface area contributed by atoms with Crippen molar-refractivity contribution >= 4 is 0 Å². The van der Waals surface area contributed by atoms with E-state index in [-0.39, 0.29) is 5.82 Å². The van der Waals surface area contributed by atoms with Crippen molar-refractivity contribution in [3.8, 4) is 0 Å². The molecule has 94 valence electrons. The SMILES string of the molecule is OC(CCN1CCNCC1)c1ccc(F)cc1. The first-order chi connectivity index (χ1) is 8.25. The zero-order valence-corrected chi connectivity index (χ0v) is 9.90. The maximum absolute atomic E-state index is 12.7. The summed E-state index contributed by atoms with van der Waals surface area (Å²) in [6.07, 6.45) is 0.205. The molecule has 1 atom stereocenters. The highest BCUT2D eigenvalue weighted by Crippen LogP contribution is 2.17. The van der Waals surface area contributed by atoms with Gasteiger partial charge in [0.1, 0.15) is 5.82 Å². The lowest BCUT2D eigenvalue weighted by Gasteiger charge is -2.27. The Morgan fingerprint density at radius 1 is 1.24 bits per heavy atom. The van der Waals surface area contributed by atoms with Crippen LogP contribution < -0.4 is 5.32 Å². The second-order valence-electron chi connectivity index (χ2n) is 4.45. The zero-order valence-electron chi connectivity index (χ0n) is 9.90. The molecule has 1 saturated heterocycles. The molecule has 0 radical (unpaired) electrons. The van der Waals surface area contributed by atoms with Gasteiger partial charge in [0.05, 0.1) is 6.10 Å². The molecule has 2 N–H and O–H groups in total. The van der Waals surface area contributed by atoms with E-state index in [2.05, 4.69) is 10.2 Å². The van der Waals surface area contributed by atoms with E-state index >= 15 is 0 Å². The van der Waals surface area contributed by atoms with Gasteiger partial charge in [-0.2, -0.15) is 0 Å². The minimum atomic E-state index is -0.495. The van der Waals surface area contributed by atoms with Crippen LogP contribution in [0.15, 0.2) is 24.3 Å². The van der Waals surface area contributed by atoms with Crippen LogP contribution in [0.4, 0.5) is 4.39 Å². The van der Waals surface area contributed by atoms with E-state index in [1.807, 2.05) is 0 Å². The van der Waals surface area contributed by atoms with Gasteiger partial charge >= 0.3 is 0 Å². The number of benzene rings is 1. The van der Waals surface area contributed by atoms with E-state index in [4.69, 9.17) is 0 Å². The fraction of sp³-hybridized carbons (Fsp3) is 0.538. The second-order valence-corrected chi connectivity index (χ2v) is 4.45. The van der Waals surface area contributed by atoms with Crippen molar-refractivity contribution in [2.45, 2.75) is 12.5 Å². The molecule has 1 aliphatic heterocycles. The number of hydrogen-bond acceptors (Lipinski definition) is 3. The standard InChI is InChI=1S/C13H19FN2O/c14-12-3-1-11(2-4-12)13(17)5-8-16-9-6-15-7-10-16/h1-4,13,15,17H,5-10H2. The van der Waals surface area contributed by atoms with Gasteiger partial charge in [0.15, 0.2) is 0 Å². The largest absolute Gasteiger partial charge is 0.388 e. The van der Waals surface area contributed by atoms with E-state index in [9.17, 15) is 9.50 Å².